The minimum absolute atomic E-state index is 0.810. The molecule has 2 aromatic rings. The van der Waals surface area contributed by atoms with E-state index >= 15 is 0 Å². The largest absolute Gasteiger partial charge is 0.384 e. The van der Waals surface area contributed by atoms with E-state index in [2.05, 4.69) is 38.6 Å². The van der Waals surface area contributed by atoms with Gasteiger partial charge in [-0.1, -0.05) is 6.07 Å². The summed E-state index contributed by atoms with van der Waals surface area (Å²) in [4.78, 5) is 2.62. The summed E-state index contributed by atoms with van der Waals surface area (Å²) in [5.74, 6) is 1.74. The van der Waals surface area contributed by atoms with Crippen LogP contribution in [0.4, 0.5) is 5.69 Å². The van der Waals surface area contributed by atoms with Crippen molar-refractivity contribution in [1.82, 2.24) is 15.1 Å². The number of aromatic nitrogens is 2. The Morgan fingerprint density at radius 2 is 2.21 bits per heavy atom. The Labute approximate surface area is 113 Å². The summed E-state index contributed by atoms with van der Waals surface area (Å²) in [6.07, 6.45) is 4.69. The van der Waals surface area contributed by atoms with Crippen molar-refractivity contribution in [2.24, 2.45) is 11.8 Å². The standard InChI is InChI=1S/C15H20N4/c1-2-14(13-9-17-18-15(13)3-1)16-8-12-10-19-6-4-11(12)5-7-19/h1-3,9,11-12,16H,4-8,10H2,(H,17,18)/t12-/m0/s1. The van der Waals surface area contributed by atoms with E-state index < -0.39 is 0 Å². The molecule has 1 atom stereocenters. The first-order chi connectivity index (χ1) is 9.40. The zero-order valence-electron chi connectivity index (χ0n) is 11.1. The molecule has 0 saturated carbocycles. The van der Waals surface area contributed by atoms with Crippen LogP contribution in [0, 0.1) is 11.8 Å². The number of hydrogen-bond donors (Lipinski definition) is 2. The Hall–Kier alpha value is -1.55. The van der Waals surface area contributed by atoms with Crippen molar-refractivity contribution in [1.29, 1.82) is 0 Å². The van der Waals surface area contributed by atoms with Crippen LogP contribution in [0.5, 0.6) is 0 Å². The van der Waals surface area contributed by atoms with E-state index in [1.54, 1.807) is 0 Å². The average molecular weight is 256 g/mol. The molecule has 5 rings (SSSR count). The van der Waals surface area contributed by atoms with Crippen LogP contribution in [0.3, 0.4) is 0 Å². The third-order valence-corrected chi connectivity index (χ3v) is 4.83. The third kappa shape index (κ3) is 2.00. The Bertz CT molecular complexity index is 568. The van der Waals surface area contributed by atoms with Gasteiger partial charge in [-0.25, -0.2) is 0 Å². The lowest BCUT2D eigenvalue weighted by Gasteiger charge is -2.45. The van der Waals surface area contributed by atoms with Crippen LogP contribution < -0.4 is 5.32 Å². The maximum Gasteiger partial charge on any atom is 0.0671 e. The quantitative estimate of drug-likeness (QED) is 0.885. The molecule has 0 spiro atoms. The maximum atomic E-state index is 4.12. The molecule has 3 fully saturated rings. The van der Waals surface area contributed by atoms with Crippen LogP contribution in [0.15, 0.2) is 24.4 Å². The molecule has 100 valence electrons. The summed E-state index contributed by atoms with van der Waals surface area (Å²) in [6, 6.07) is 6.31. The summed E-state index contributed by atoms with van der Waals surface area (Å²) in [5, 5.41) is 12.0. The van der Waals surface area contributed by atoms with Gasteiger partial charge in [0, 0.05) is 24.2 Å². The number of rotatable bonds is 3. The third-order valence-electron chi connectivity index (χ3n) is 4.83. The molecule has 4 heteroatoms. The molecule has 3 aliphatic heterocycles. The number of benzene rings is 1. The summed E-state index contributed by atoms with van der Waals surface area (Å²) in [5.41, 5.74) is 2.32. The topological polar surface area (TPSA) is 44.0 Å². The Kier molecular flexibility index (Phi) is 2.69. The second-order valence-electron chi connectivity index (χ2n) is 5.92. The molecule has 3 saturated heterocycles. The predicted octanol–water partition coefficient (Wildman–Crippen LogP) is 2.32. The molecule has 4 nitrogen and oxygen atoms in total. The molecule has 0 radical (unpaired) electrons. The average Bonchev–Trinajstić information content (AvgIpc) is 2.95. The van der Waals surface area contributed by atoms with Gasteiger partial charge in [0.15, 0.2) is 0 Å². The van der Waals surface area contributed by atoms with Gasteiger partial charge < -0.3 is 10.2 Å². The van der Waals surface area contributed by atoms with E-state index in [4.69, 9.17) is 0 Å². The van der Waals surface area contributed by atoms with Gasteiger partial charge in [-0.2, -0.15) is 5.10 Å². The maximum absolute atomic E-state index is 4.12. The molecule has 19 heavy (non-hydrogen) atoms. The molecular weight excluding hydrogens is 236 g/mol. The molecule has 0 aliphatic carbocycles. The first kappa shape index (κ1) is 11.3. The van der Waals surface area contributed by atoms with Crippen molar-refractivity contribution in [3.05, 3.63) is 24.4 Å². The van der Waals surface area contributed by atoms with Crippen LogP contribution in [0.2, 0.25) is 0 Å². The zero-order valence-corrected chi connectivity index (χ0v) is 11.1. The van der Waals surface area contributed by atoms with E-state index in [9.17, 15) is 0 Å². The molecule has 2 N–H and O–H groups in total. The number of aromatic amines is 1. The highest BCUT2D eigenvalue weighted by Gasteiger charge is 2.33. The fourth-order valence-corrected chi connectivity index (χ4v) is 3.68. The fraction of sp³-hybridized carbons (Fsp3) is 0.533. The molecule has 0 unspecified atom stereocenters. The van der Waals surface area contributed by atoms with Crippen LogP contribution in [0.25, 0.3) is 10.9 Å². The Balaban J connectivity index is 1.49. The summed E-state index contributed by atoms with van der Waals surface area (Å²) in [6.45, 7) is 5.00. The Morgan fingerprint density at radius 3 is 3.00 bits per heavy atom. The van der Waals surface area contributed by atoms with Gasteiger partial charge >= 0.3 is 0 Å². The van der Waals surface area contributed by atoms with Gasteiger partial charge in [-0.05, 0) is 49.9 Å². The molecule has 3 aliphatic rings. The second kappa shape index (κ2) is 4.53. The zero-order chi connectivity index (χ0) is 12.7. The first-order valence-corrected chi connectivity index (χ1v) is 7.28. The van der Waals surface area contributed by atoms with Crippen molar-refractivity contribution in [3.63, 3.8) is 0 Å². The van der Waals surface area contributed by atoms with E-state index in [1.807, 2.05) is 6.20 Å². The van der Waals surface area contributed by atoms with Crippen molar-refractivity contribution in [2.75, 3.05) is 31.5 Å². The van der Waals surface area contributed by atoms with Gasteiger partial charge in [-0.3, -0.25) is 5.10 Å². The van der Waals surface area contributed by atoms with Crippen LogP contribution in [0.1, 0.15) is 12.8 Å². The van der Waals surface area contributed by atoms with Crippen molar-refractivity contribution in [2.45, 2.75) is 12.8 Å². The number of fused-ring (bicyclic) bond motifs is 4. The first-order valence-electron chi connectivity index (χ1n) is 7.28. The van der Waals surface area contributed by atoms with Crippen LogP contribution in [-0.4, -0.2) is 41.3 Å². The van der Waals surface area contributed by atoms with Crippen molar-refractivity contribution < 1.29 is 0 Å². The number of piperidine rings is 3. The van der Waals surface area contributed by atoms with Gasteiger partial charge in [0.1, 0.15) is 0 Å². The van der Waals surface area contributed by atoms with Crippen molar-refractivity contribution in [3.8, 4) is 0 Å². The fourth-order valence-electron chi connectivity index (χ4n) is 3.68. The SMILES string of the molecule is c1cc(NC[C@H]2CN3CCC2CC3)c2cn[nH]c2c1. The monoisotopic (exact) mass is 256 g/mol. The molecule has 1 aromatic heterocycles. The number of nitrogens with zero attached hydrogens (tertiary/aromatic N) is 2. The molecule has 2 bridgehead atoms. The lowest BCUT2D eigenvalue weighted by Crippen LogP contribution is -2.49. The second-order valence-corrected chi connectivity index (χ2v) is 5.92. The van der Waals surface area contributed by atoms with E-state index in [0.29, 0.717) is 0 Å². The molecule has 4 heterocycles. The van der Waals surface area contributed by atoms with E-state index in [0.717, 1.165) is 23.9 Å². The van der Waals surface area contributed by atoms with Gasteiger partial charge in [-0.15, -0.1) is 0 Å². The number of hydrogen-bond acceptors (Lipinski definition) is 3. The Morgan fingerprint density at radius 1 is 1.32 bits per heavy atom. The lowest BCUT2D eigenvalue weighted by atomic mass is 9.79. The summed E-state index contributed by atoms with van der Waals surface area (Å²) in [7, 11) is 0. The predicted molar refractivity (Wildman–Crippen MR) is 77.2 cm³/mol. The minimum atomic E-state index is 0.810. The number of anilines is 1. The van der Waals surface area contributed by atoms with E-state index in [1.165, 1.54) is 43.5 Å². The molecular formula is C15H20N4. The summed E-state index contributed by atoms with van der Waals surface area (Å²) < 4.78 is 0. The highest BCUT2D eigenvalue weighted by atomic mass is 15.2. The number of nitrogens with one attached hydrogen (secondary N) is 2. The summed E-state index contributed by atoms with van der Waals surface area (Å²) >= 11 is 0. The highest BCUT2D eigenvalue weighted by molar-refractivity contribution is 5.90. The van der Waals surface area contributed by atoms with Crippen molar-refractivity contribution >= 4 is 16.6 Å². The normalized spacial score (nSPS) is 29.8. The lowest BCUT2D eigenvalue weighted by molar-refractivity contribution is 0.0574. The van der Waals surface area contributed by atoms with Gasteiger partial charge in [0.05, 0.1) is 11.7 Å². The highest BCUT2D eigenvalue weighted by Crippen LogP contribution is 2.32. The van der Waals surface area contributed by atoms with Gasteiger partial charge in [0.2, 0.25) is 0 Å². The van der Waals surface area contributed by atoms with Crippen LogP contribution in [-0.2, 0) is 0 Å². The molecule has 1 aromatic carbocycles. The smallest absolute Gasteiger partial charge is 0.0671 e. The van der Waals surface area contributed by atoms with E-state index in [-0.39, 0.29) is 0 Å². The number of H-pyrrole nitrogens is 1. The minimum Gasteiger partial charge on any atom is -0.384 e. The molecule has 0 amide bonds. The van der Waals surface area contributed by atoms with Crippen LogP contribution >= 0.6 is 0 Å². The van der Waals surface area contributed by atoms with Gasteiger partial charge in [0.25, 0.3) is 0 Å².